The zero-order valence-corrected chi connectivity index (χ0v) is 13.3. The average Bonchev–Trinajstić information content (AvgIpc) is 2.48. The molecule has 1 heterocycles. The van der Waals surface area contributed by atoms with Crippen LogP contribution < -0.4 is 5.43 Å². The van der Waals surface area contributed by atoms with Crippen molar-refractivity contribution < 1.29 is 0 Å². The highest BCUT2D eigenvalue weighted by Crippen LogP contribution is 2.35. The van der Waals surface area contributed by atoms with Crippen molar-refractivity contribution in [2.75, 3.05) is 0 Å². The number of aromatic nitrogens is 1. The van der Waals surface area contributed by atoms with Gasteiger partial charge in [0, 0.05) is 5.56 Å². The first-order valence-corrected chi connectivity index (χ1v) is 7.39. The second kappa shape index (κ2) is 5.38. The van der Waals surface area contributed by atoms with E-state index in [0.29, 0.717) is 21.5 Å². The van der Waals surface area contributed by atoms with Crippen LogP contribution in [0.5, 0.6) is 0 Å². The van der Waals surface area contributed by atoms with Gasteiger partial charge < -0.3 is 4.98 Å². The summed E-state index contributed by atoms with van der Waals surface area (Å²) in [6, 6.07) is 11.1. The van der Waals surface area contributed by atoms with Crippen molar-refractivity contribution in [2.24, 2.45) is 0 Å². The second-order valence-electron chi connectivity index (χ2n) is 4.72. The summed E-state index contributed by atoms with van der Waals surface area (Å²) in [7, 11) is 0. The molecular weight excluding hydrogens is 329 g/mol. The van der Waals surface area contributed by atoms with Crippen molar-refractivity contribution in [1.29, 1.82) is 0 Å². The van der Waals surface area contributed by atoms with Gasteiger partial charge in [0.1, 0.15) is 0 Å². The molecule has 0 radical (unpaired) electrons. The molecule has 0 amide bonds. The molecule has 2 aromatic carbocycles. The number of hydrogen-bond acceptors (Lipinski definition) is 1. The Hall–Kier alpha value is -1.48. The normalized spacial score (nSPS) is 11.0. The summed E-state index contributed by atoms with van der Waals surface area (Å²) in [5.74, 6) is 0. The summed E-state index contributed by atoms with van der Waals surface area (Å²) in [4.78, 5) is 15.8. The van der Waals surface area contributed by atoms with E-state index in [1.165, 1.54) is 6.07 Å². The molecule has 0 unspecified atom stereocenters. The van der Waals surface area contributed by atoms with Crippen LogP contribution in [0.15, 0.2) is 41.2 Å². The SMILES string of the molecule is Cc1c(-c2ccccc2)[nH]c2c(Cl)cc(Cl)c(Cl)c2c1=O. The molecule has 5 heteroatoms. The van der Waals surface area contributed by atoms with Gasteiger partial charge in [-0.2, -0.15) is 0 Å². The van der Waals surface area contributed by atoms with Crippen molar-refractivity contribution in [3.63, 3.8) is 0 Å². The number of nitrogens with one attached hydrogen (secondary N) is 1. The maximum absolute atomic E-state index is 12.6. The number of rotatable bonds is 1. The molecule has 0 saturated heterocycles. The predicted molar refractivity (Wildman–Crippen MR) is 89.8 cm³/mol. The molecule has 0 aliphatic carbocycles. The van der Waals surface area contributed by atoms with Gasteiger partial charge in [0.15, 0.2) is 5.43 Å². The third-order valence-corrected chi connectivity index (χ3v) is 4.51. The number of pyridine rings is 1. The minimum Gasteiger partial charge on any atom is -0.353 e. The van der Waals surface area contributed by atoms with E-state index in [0.717, 1.165) is 11.3 Å². The third kappa shape index (κ3) is 2.34. The predicted octanol–water partition coefficient (Wildman–Crippen LogP) is 5.46. The van der Waals surface area contributed by atoms with Gasteiger partial charge in [-0.1, -0.05) is 65.1 Å². The summed E-state index contributed by atoms with van der Waals surface area (Å²) in [6.07, 6.45) is 0. The molecule has 3 aromatic rings. The van der Waals surface area contributed by atoms with Gasteiger partial charge >= 0.3 is 0 Å². The van der Waals surface area contributed by atoms with Crippen LogP contribution in [0.2, 0.25) is 15.1 Å². The summed E-state index contributed by atoms with van der Waals surface area (Å²) < 4.78 is 0. The average molecular weight is 339 g/mol. The van der Waals surface area contributed by atoms with Crippen molar-refractivity contribution in [2.45, 2.75) is 6.92 Å². The molecule has 0 atom stereocenters. The lowest BCUT2D eigenvalue weighted by atomic mass is 10.0. The number of H-pyrrole nitrogens is 1. The van der Waals surface area contributed by atoms with Gasteiger partial charge in [0.2, 0.25) is 0 Å². The van der Waals surface area contributed by atoms with Gasteiger partial charge in [-0.25, -0.2) is 0 Å². The Morgan fingerprint density at radius 1 is 1.00 bits per heavy atom. The molecule has 21 heavy (non-hydrogen) atoms. The number of hydrogen-bond donors (Lipinski definition) is 1. The minimum absolute atomic E-state index is 0.169. The van der Waals surface area contributed by atoms with Crippen molar-refractivity contribution in [1.82, 2.24) is 4.98 Å². The topological polar surface area (TPSA) is 32.9 Å². The molecule has 3 rings (SSSR count). The van der Waals surface area contributed by atoms with Crippen molar-refractivity contribution in [3.05, 3.63) is 67.3 Å². The molecule has 0 saturated carbocycles. The maximum Gasteiger partial charge on any atom is 0.194 e. The highest BCUT2D eigenvalue weighted by Gasteiger charge is 2.16. The zero-order chi connectivity index (χ0) is 15.1. The summed E-state index contributed by atoms with van der Waals surface area (Å²) in [5.41, 5.74) is 2.55. The van der Waals surface area contributed by atoms with Crippen LogP contribution in [0, 0.1) is 6.92 Å². The standard InChI is InChI=1S/C16H10Cl3NO/c1-8-14(9-5-3-2-4-6-9)20-15-11(18)7-10(17)13(19)12(15)16(8)21/h2-7H,1H3,(H,20,21). The van der Waals surface area contributed by atoms with Gasteiger partial charge in [0.05, 0.1) is 31.7 Å². The van der Waals surface area contributed by atoms with Crippen LogP contribution in [-0.4, -0.2) is 4.98 Å². The highest BCUT2D eigenvalue weighted by atomic mass is 35.5. The van der Waals surface area contributed by atoms with E-state index < -0.39 is 0 Å². The Labute approximate surface area is 136 Å². The van der Waals surface area contributed by atoms with E-state index >= 15 is 0 Å². The second-order valence-corrected chi connectivity index (χ2v) is 5.92. The molecule has 0 aliphatic heterocycles. The molecule has 106 valence electrons. The lowest BCUT2D eigenvalue weighted by Gasteiger charge is -2.11. The van der Waals surface area contributed by atoms with Gasteiger partial charge in [0.25, 0.3) is 0 Å². The number of benzene rings is 2. The van der Waals surface area contributed by atoms with Crippen molar-refractivity contribution in [3.8, 4) is 11.3 Å². The van der Waals surface area contributed by atoms with Crippen LogP contribution in [0.4, 0.5) is 0 Å². The molecule has 1 aromatic heterocycles. The zero-order valence-electron chi connectivity index (χ0n) is 11.0. The monoisotopic (exact) mass is 337 g/mol. The summed E-state index contributed by atoms with van der Waals surface area (Å²) in [6.45, 7) is 1.76. The first-order valence-electron chi connectivity index (χ1n) is 6.26. The molecule has 0 bridgehead atoms. The number of fused-ring (bicyclic) bond motifs is 1. The van der Waals surface area contributed by atoms with E-state index in [2.05, 4.69) is 4.98 Å². The Kier molecular flexibility index (Phi) is 3.70. The molecule has 0 fully saturated rings. The van der Waals surface area contributed by atoms with Crippen LogP contribution >= 0.6 is 34.8 Å². The lowest BCUT2D eigenvalue weighted by Crippen LogP contribution is -2.10. The largest absolute Gasteiger partial charge is 0.353 e. The molecule has 0 spiro atoms. The Balaban J connectivity index is 2.47. The first-order chi connectivity index (χ1) is 10.0. The van der Waals surface area contributed by atoms with E-state index in [-0.39, 0.29) is 15.5 Å². The number of halogens is 3. The Morgan fingerprint density at radius 2 is 1.67 bits per heavy atom. The fourth-order valence-electron chi connectivity index (χ4n) is 2.34. The minimum atomic E-state index is -0.169. The van der Waals surface area contributed by atoms with Crippen LogP contribution in [0.1, 0.15) is 5.56 Å². The van der Waals surface area contributed by atoms with Crippen LogP contribution in [0.3, 0.4) is 0 Å². The highest BCUT2D eigenvalue weighted by molar-refractivity contribution is 6.47. The van der Waals surface area contributed by atoms with Crippen LogP contribution in [-0.2, 0) is 0 Å². The number of aromatic amines is 1. The molecule has 2 nitrogen and oxygen atoms in total. The quantitative estimate of drug-likeness (QED) is 0.587. The third-order valence-electron chi connectivity index (χ3n) is 3.43. The van der Waals surface area contributed by atoms with E-state index in [4.69, 9.17) is 34.8 Å². The summed E-state index contributed by atoms with van der Waals surface area (Å²) >= 11 is 18.4. The van der Waals surface area contributed by atoms with Gasteiger partial charge in [-0.05, 0) is 18.6 Å². The lowest BCUT2D eigenvalue weighted by molar-refractivity contribution is 1.30. The Bertz CT molecular complexity index is 901. The van der Waals surface area contributed by atoms with E-state index in [1.807, 2.05) is 30.3 Å². The first kappa shape index (κ1) is 14.5. The van der Waals surface area contributed by atoms with E-state index in [9.17, 15) is 4.79 Å². The molecule has 0 aliphatic rings. The van der Waals surface area contributed by atoms with Gasteiger partial charge in [-0.3, -0.25) is 4.79 Å². The van der Waals surface area contributed by atoms with Crippen LogP contribution in [0.25, 0.3) is 22.2 Å². The fraction of sp³-hybridized carbons (Fsp3) is 0.0625. The van der Waals surface area contributed by atoms with E-state index in [1.54, 1.807) is 6.92 Å². The molecule has 1 N–H and O–H groups in total. The molecular formula is C16H10Cl3NO. The summed E-state index contributed by atoms with van der Waals surface area (Å²) in [5, 5.41) is 1.19. The van der Waals surface area contributed by atoms with Gasteiger partial charge in [-0.15, -0.1) is 0 Å². The smallest absolute Gasteiger partial charge is 0.194 e. The Morgan fingerprint density at radius 3 is 2.33 bits per heavy atom. The van der Waals surface area contributed by atoms with Crippen molar-refractivity contribution >= 4 is 45.7 Å². The maximum atomic E-state index is 12.6. The fourth-order valence-corrected chi connectivity index (χ4v) is 3.09.